The normalized spacial score (nSPS) is 10.2. The lowest BCUT2D eigenvalue weighted by atomic mass is 10.2. The molecule has 0 unspecified atom stereocenters. The van der Waals surface area contributed by atoms with Crippen molar-refractivity contribution in [1.29, 1.82) is 5.26 Å². The number of rotatable bonds is 3. The molecular formula is C12H15N5. The third-order valence-corrected chi connectivity index (χ3v) is 2.93. The summed E-state index contributed by atoms with van der Waals surface area (Å²) in [5.41, 5.74) is 2.90. The summed E-state index contributed by atoms with van der Waals surface area (Å²) in [6.07, 6.45) is 1.89. The highest BCUT2D eigenvalue weighted by molar-refractivity contribution is 5.38. The predicted molar refractivity (Wildman–Crippen MR) is 65.4 cm³/mol. The summed E-state index contributed by atoms with van der Waals surface area (Å²) < 4.78 is 3.65. The van der Waals surface area contributed by atoms with Gasteiger partial charge >= 0.3 is 0 Å². The summed E-state index contributed by atoms with van der Waals surface area (Å²) in [5, 5.41) is 16.4. The van der Waals surface area contributed by atoms with Crippen LogP contribution in [0.5, 0.6) is 0 Å². The summed E-state index contributed by atoms with van der Waals surface area (Å²) in [7, 11) is 3.78. The first-order valence-electron chi connectivity index (χ1n) is 5.40. The number of nitriles is 1. The molecule has 0 saturated heterocycles. The molecule has 5 nitrogen and oxygen atoms in total. The van der Waals surface area contributed by atoms with Crippen molar-refractivity contribution in [2.45, 2.75) is 13.5 Å². The first-order valence-corrected chi connectivity index (χ1v) is 5.40. The van der Waals surface area contributed by atoms with Crippen LogP contribution in [0.4, 0.5) is 5.82 Å². The number of hydrogen-bond donors (Lipinski definition) is 1. The smallest absolute Gasteiger partial charge is 0.148 e. The van der Waals surface area contributed by atoms with Gasteiger partial charge in [-0.1, -0.05) is 0 Å². The van der Waals surface area contributed by atoms with Crippen LogP contribution < -0.4 is 5.32 Å². The molecule has 0 radical (unpaired) electrons. The molecule has 0 aromatic carbocycles. The molecular weight excluding hydrogens is 214 g/mol. The molecule has 17 heavy (non-hydrogen) atoms. The zero-order valence-corrected chi connectivity index (χ0v) is 10.2. The Morgan fingerprint density at radius 1 is 1.47 bits per heavy atom. The van der Waals surface area contributed by atoms with Crippen LogP contribution in [0.3, 0.4) is 0 Å². The second kappa shape index (κ2) is 4.34. The number of aryl methyl sites for hydroxylation is 1. The van der Waals surface area contributed by atoms with Gasteiger partial charge in [0.2, 0.25) is 0 Å². The van der Waals surface area contributed by atoms with Crippen LogP contribution in [0, 0.1) is 18.3 Å². The van der Waals surface area contributed by atoms with Gasteiger partial charge in [0, 0.05) is 38.6 Å². The summed E-state index contributed by atoms with van der Waals surface area (Å²) in [6.45, 7) is 2.69. The lowest BCUT2D eigenvalue weighted by molar-refractivity contribution is 0.768. The van der Waals surface area contributed by atoms with Crippen molar-refractivity contribution in [2.24, 2.45) is 14.1 Å². The van der Waals surface area contributed by atoms with Crippen molar-refractivity contribution in [2.75, 3.05) is 5.32 Å². The summed E-state index contributed by atoms with van der Waals surface area (Å²) in [5.74, 6) is 0.842. The summed E-state index contributed by atoms with van der Waals surface area (Å²) >= 11 is 0. The molecule has 88 valence electrons. The molecule has 2 aromatic heterocycles. The monoisotopic (exact) mass is 229 g/mol. The largest absolute Gasteiger partial charge is 0.364 e. The highest BCUT2D eigenvalue weighted by Gasteiger charge is 2.08. The van der Waals surface area contributed by atoms with Crippen molar-refractivity contribution in [3.63, 3.8) is 0 Å². The third kappa shape index (κ3) is 2.16. The molecule has 2 heterocycles. The van der Waals surface area contributed by atoms with Crippen LogP contribution in [0.15, 0.2) is 18.3 Å². The van der Waals surface area contributed by atoms with Crippen molar-refractivity contribution in [3.8, 4) is 6.07 Å². The minimum atomic E-state index is 0.679. The quantitative estimate of drug-likeness (QED) is 0.868. The third-order valence-electron chi connectivity index (χ3n) is 2.93. The Hall–Kier alpha value is -2.22. The molecule has 2 rings (SSSR count). The van der Waals surface area contributed by atoms with Gasteiger partial charge in [-0.15, -0.1) is 0 Å². The van der Waals surface area contributed by atoms with Crippen molar-refractivity contribution < 1.29 is 0 Å². The highest BCUT2D eigenvalue weighted by atomic mass is 15.3. The average molecular weight is 229 g/mol. The molecule has 0 aliphatic carbocycles. The Bertz CT molecular complexity index is 570. The Labute approximate surface area is 100 Å². The van der Waals surface area contributed by atoms with E-state index < -0.39 is 0 Å². The molecule has 0 amide bonds. The van der Waals surface area contributed by atoms with Crippen molar-refractivity contribution >= 4 is 5.82 Å². The minimum absolute atomic E-state index is 0.679. The average Bonchev–Trinajstić information content (AvgIpc) is 2.84. The fraction of sp³-hybridized carbons (Fsp3) is 0.333. The van der Waals surface area contributed by atoms with Crippen LogP contribution in [0.2, 0.25) is 0 Å². The predicted octanol–water partition coefficient (Wildman–Crippen LogP) is 1.55. The molecule has 0 spiro atoms. The molecule has 0 saturated carbocycles. The van der Waals surface area contributed by atoms with E-state index >= 15 is 0 Å². The van der Waals surface area contributed by atoms with Gasteiger partial charge in [0.05, 0.1) is 0 Å². The van der Waals surface area contributed by atoms with E-state index in [0.717, 1.165) is 17.1 Å². The number of nitrogens with one attached hydrogen (secondary N) is 1. The van der Waals surface area contributed by atoms with E-state index in [9.17, 15) is 0 Å². The van der Waals surface area contributed by atoms with E-state index in [-0.39, 0.29) is 0 Å². The lowest BCUT2D eigenvalue weighted by Gasteiger charge is -2.03. The molecule has 0 aliphatic rings. The Morgan fingerprint density at radius 3 is 2.76 bits per heavy atom. The zero-order valence-electron chi connectivity index (χ0n) is 10.2. The molecule has 0 atom stereocenters. The SMILES string of the molecule is Cc1c(CNc2ccn(C)n2)cc(C#N)n1C. The van der Waals surface area contributed by atoms with E-state index in [2.05, 4.69) is 16.5 Å². The van der Waals surface area contributed by atoms with E-state index in [1.807, 2.05) is 43.9 Å². The fourth-order valence-electron chi connectivity index (χ4n) is 1.74. The standard InChI is InChI=1S/C12H15N5/c1-9-10(6-11(7-13)17(9)3)8-14-12-4-5-16(2)15-12/h4-6H,8H2,1-3H3,(H,14,15). The topological polar surface area (TPSA) is 58.6 Å². The lowest BCUT2D eigenvalue weighted by Crippen LogP contribution is -2.02. The van der Waals surface area contributed by atoms with Crippen LogP contribution in [0.1, 0.15) is 17.0 Å². The van der Waals surface area contributed by atoms with Crippen molar-refractivity contribution in [3.05, 3.63) is 35.3 Å². The fourth-order valence-corrected chi connectivity index (χ4v) is 1.74. The summed E-state index contributed by atoms with van der Waals surface area (Å²) in [4.78, 5) is 0. The first-order chi connectivity index (χ1) is 8.11. The van der Waals surface area contributed by atoms with Crippen molar-refractivity contribution in [1.82, 2.24) is 14.3 Å². The van der Waals surface area contributed by atoms with Gasteiger partial charge < -0.3 is 9.88 Å². The van der Waals surface area contributed by atoms with Gasteiger partial charge in [0.15, 0.2) is 0 Å². The maximum atomic E-state index is 8.94. The van der Waals surface area contributed by atoms with E-state index in [0.29, 0.717) is 12.2 Å². The number of aromatic nitrogens is 3. The first kappa shape index (κ1) is 11.3. The number of hydrogen-bond acceptors (Lipinski definition) is 3. The van der Waals surface area contributed by atoms with Gasteiger partial charge in [-0.3, -0.25) is 4.68 Å². The van der Waals surface area contributed by atoms with E-state index in [4.69, 9.17) is 5.26 Å². The van der Waals surface area contributed by atoms with Gasteiger partial charge in [-0.05, 0) is 18.6 Å². The summed E-state index contributed by atoms with van der Waals surface area (Å²) in [6, 6.07) is 6.00. The molecule has 0 fully saturated rings. The molecule has 5 heteroatoms. The van der Waals surface area contributed by atoms with Crippen LogP contribution in [-0.2, 0) is 20.6 Å². The van der Waals surface area contributed by atoms with Crippen LogP contribution in [-0.4, -0.2) is 14.3 Å². The Balaban J connectivity index is 2.12. The molecule has 1 N–H and O–H groups in total. The van der Waals surface area contributed by atoms with Crippen LogP contribution >= 0.6 is 0 Å². The minimum Gasteiger partial charge on any atom is -0.364 e. The van der Waals surface area contributed by atoms with Gasteiger partial charge in [-0.2, -0.15) is 10.4 Å². The van der Waals surface area contributed by atoms with Gasteiger partial charge in [-0.25, -0.2) is 0 Å². The van der Waals surface area contributed by atoms with Gasteiger partial charge in [0.25, 0.3) is 0 Å². The molecule has 2 aromatic rings. The zero-order chi connectivity index (χ0) is 12.4. The number of nitrogens with zero attached hydrogens (tertiary/aromatic N) is 4. The molecule has 0 aliphatic heterocycles. The maximum absolute atomic E-state index is 8.94. The second-order valence-corrected chi connectivity index (χ2v) is 4.04. The Kier molecular flexibility index (Phi) is 2.88. The van der Waals surface area contributed by atoms with Crippen LogP contribution in [0.25, 0.3) is 0 Å². The van der Waals surface area contributed by atoms with E-state index in [1.165, 1.54) is 0 Å². The Morgan fingerprint density at radius 2 is 2.24 bits per heavy atom. The van der Waals surface area contributed by atoms with E-state index in [1.54, 1.807) is 4.68 Å². The number of anilines is 1. The van der Waals surface area contributed by atoms with Gasteiger partial charge in [0.1, 0.15) is 17.6 Å². The maximum Gasteiger partial charge on any atom is 0.148 e. The second-order valence-electron chi connectivity index (χ2n) is 4.04. The molecule has 0 bridgehead atoms. The highest BCUT2D eigenvalue weighted by Crippen LogP contribution is 2.14.